The third kappa shape index (κ3) is 2.68. The van der Waals surface area contributed by atoms with Crippen molar-refractivity contribution >= 4 is 5.97 Å². The van der Waals surface area contributed by atoms with Crippen molar-refractivity contribution < 1.29 is 19.7 Å². The van der Waals surface area contributed by atoms with E-state index in [1.54, 1.807) is 0 Å². The van der Waals surface area contributed by atoms with Crippen molar-refractivity contribution in [1.29, 1.82) is 0 Å². The van der Waals surface area contributed by atoms with E-state index in [4.69, 9.17) is 14.9 Å². The summed E-state index contributed by atoms with van der Waals surface area (Å²) in [4.78, 5) is 10.3. The molecule has 1 heterocycles. The highest BCUT2D eigenvalue weighted by Gasteiger charge is 2.04. The maximum Gasteiger partial charge on any atom is 0.356 e. The lowest BCUT2D eigenvalue weighted by molar-refractivity contribution is 0.0688. The molecule has 0 aromatic carbocycles. The van der Waals surface area contributed by atoms with Crippen molar-refractivity contribution in [2.24, 2.45) is 0 Å². The van der Waals surface area contributed by atoms with Gasteiger partial charge in [-0.3, -0.25) is 0 Å². The van der Waals surface area contributed by atoms with Gasteiger partial charge in [0, 0.05) is 6.07 Å². The van der Waals surface area contributed by atoms with Crippen LogP contribution in [0.5, 0.6) is 5.88 Å². The van der Waals surface area contributed by atoms with Gasteiger partial charge in [-0.2, -0.15) is 0 Å². The molecular weight excluding hydrogens is 176 g/mol. The first-order chi connectivity index (χ1) is 6.24. The fourth-order valence-electron chi connectivity index (χ4n) is 0.661. The molecule has 0 spiro atoms. The fraction of sp³-hybridized carbons (Fsp3) is 0.286. The summed E-state index contributed by atoms with van der Waals surface area (Å²) in [7, 11) is 0. The molecule has 0 saturated heterocycles. The van der Waals surface area contributed by atoms with Crippen molar-refractivity contribution in [3.8, 4) is 5.88 Å². The molecule has 0 aliphatic rings. The third-order valence-electron chi connectivity index (χ3n) is 1.20. The first-order valence-electron chi connectivity index (χ1n) is 3.54. The van der Waals surface area contributed by atoms with Crippen LogP contribution in [0.3, 0.4) is 0 Å². The molecule has 6 nitrogen and oxygen atoms in total. The highest BCUT2D eigenvalue weighted by molar-refractivity contribution is 5.84. The fourth-order valence-corrected chi connectivity index (χ4v) is 0.661. The SMILES string of the molecule is O=C(O)c1ccc(OCCO)nn1. The van der Waals surface area contributed by atoms with Crippen LogP contribution in [0.25, 0.3) is 0 Å². The molecule has 2 N–H and O–H groups in total. The van der Waals surface area contributed by atoms with E-state index in [-0.39, 0.29) is 24.8 Å². The molecule has 70 valence electrons. The standard InChI is InChI=1S/C7H8N2O4/c10-3-4-13-6-2-1-5(7(11)12)8-9-6/h1-2,10H,3-4H2,(H,11,12). The van der Waals surface area contributed by atoms with Crippen LogP contribution in [-0.4, -0.2) is 39.6 Å². The highest BCUT2D eigenvalue weighted by atomic mass is 16.5. The number of carbonyl (C=O) groups is 1. The van der Waals surface area contributed by atoms with Gasteiger partial charge in [0.05, 0.1) is 6.61 Å². The van der Waals surface area contributed by atoms with Crippen LogP contribution < -0.4 is 4.74 Å². The van der Waals surface area contributed by atoms with Crippen molar-refractivity contribution in [2.75, 3.05) is 13.2 Å². The van der Waals surface area contributed by atoms with E-state index >= 15 is 0 Å². The van der Waals surface area contributed by atoms with Gasteiger partial charge < -0.3 is 14.9 Å². The summed E-state index contributed by atoms with van der Waals surface area (Å²) in [5.74, 6) is -0.944. The molecule has 0 amide bonds. The van der Waals surface area contributed by atoms with Crippen LogP contribution in [0.2, 0.25) is 0 Å². The number of aromatic carboxylic acids is 1. The molecule has 0 saturated carbocycles. The monoisotopic (exact) mass is 184 g/mol. The van der Waals surface area contributed by atoms with E-state index < -0.39 is 5.97 Å². The van der Waals surface area contributed by atoms with Crippen molar-refractivity contribution in [2.45, 2.75) is 0 Å². The molecule has 0 atom stereocenters. The summed E-state index contributed by atoms with van der Waals surface area (Å²) < 4.78 is 4.87. The second-order valence-electron chi connectivity index (χ2n) is 2.13. The summed E-state index contributed by atoms with van der Waals surface area (Å²) >= 11 is 0. The maximum absolute atomic E-state index is 10.3. The van der Waals surface area contributed by atoms with Gasteiger partial charge in [-0.25, -0.2) is 4.79 Å². The van der Waals surface area contributed by atoms with Crippen molar-refractivity contribution in [3.63, 3.8) is 0 Å². The number of nitrogens with zero attached hydrogens (tertiary/aromatic N) is 2. The van der Waals surface area contributed by atoms with Crippen LogP contribution >= 0.6 is 0 Å². The summed E-state index contributed by atoms with van der Waals surface area (Å²) in [6.07, 6.45) is 0. The van der Waals surface area contributed by atoms with E-state index in [0.29, 0.717) is 0 Å². The van der Waals surface area contributed by atoms with Gasteiger partial charge >= 0.3 is 5.97 Å². The number of hydrogen-bond donors (Lipinski definition) is 2. The molecule has 1 rings (SSSR count). The minimum Gasteiger partial charge on any atom is -0.476 e. The molecule has 0 fully saturated rings. The molecule has 0 aliphatic carbocycles. The average molecular weight is 184 g/mol. The van der Waals surface area contributed by atoms with Crippen LogP contribution in [0, 0.1) is 0 Å². The largest absolute Gasteiger partial charge is 0.476 e. The molecular formula is C7H8N2O4. The Morgan fingerprint density at radius 1 is 1.46 bits per heavy atom. The Kier molecular flexibility index (Phi) is 3.15. The second-order valence-corrected chi connectivity index (χ2v) is 2.13. The van der Waals surface area contributed by atoms with Gasteiger partial charge in [-0.05, 0) is 6.07 Å². The van der Waals surface area contributed by atoms with E-state index in [0.717, 1.165) is 0 Å². The summed E-state index contributed by atoms with van der Waals surface area (Å²) in [5.41, 5.74) is -0.142. The van der Waals surface area contributed by atoms with Crippen LogP contribution in [-0.2, 0) is 0 Å². The lowest BCUT2D eigenvalue weighted by Crippen LogP contribution is -2.06. The van der Waals surface area contributed by atoms with Crippen LogP contribution in [0.15, 0.2) is 12.1 Å². The van der Waals surface area contributed by atoms with Gasteiger partial charge in [0.2, 0.25) is 5.88 Å². The number of aromatic nitrogens is 2. The highest BCUT2D eigenvalue weighted by Crippen LogP contribution is 2.03. The molecule has 6 heteroatoms. The van der Waals surface area contributed by atoms with Gasteiger partial charge in [0.1, 0.15) is 6.61 Å². The second kappa shape index (κ2) is 4.36. The first-order valence-corrected chi connectivity index (χ1v) is 3.54. The number of rotatable bonds is 4. The van der Waals surface area contributed by atoms with E-state index in [1.165, 1.54) is 12.1 Å². The summed E-state index contributed by atoms with van der Waals surface area (Å²) in [6, 6.07) is 2.66. The zero-order chi connectivity index (χ0) is 9.68. The number of aliphatic hydroxyl groups is 1. The Balaban J connectivity index is 2.64. The van der Waals surface area contributed by atoms with Crippen molar-refractivity contribution in [1.82, 2.24) is 10.2 Å². The number of aliphatic hydroxyl groups excluding tert-OH is 1. The van der Waals surface area contributed by atoms with Gasteiger partial charge in [-0.1, -0.05) is 0 Å². The zero-order valence-corrected chi connectivity index (χ0v) is 6.67. The smallest absolute Gasteiger partial charge is 0.356 e. The zero-order valence-electron chi connectivity index (χ0n) is 6.67. The maximum atomic E-state index is 10.3. The van der Waals surface area contributed by atoms with Gasteiger partial charge in [-0.15, -0.1) is 10.2 Å². The normalized spacial score (nSPS) is 9.62. The van der Waals surface area contributed by atoms with Crippen molar-refractivity contribution in [3.05, 3.63) is 17.8 Å². The topological polar surface area (TPSA) is 92.5 Å². The lowest BCUT2D eigenvalue weighted by Gasteiger charge is -2.00. The molecule has 0 radical (unpaired) electrons. The van der Waals surface area contributed by atoms with Gasteiger partial charge in [0.15, 0.2) is 5.69 Å². The number of carboxylic acids is 1. The van der Waals surface area contributed by atoms with Crippen LogP contribution in [0.1, 0.15) is 10.5 Å². The Morgan fingerprint density at radius 3 is 2.69 bits per heavy atom. The van der Waals surface area contributed by atoms with Gasteiger partial charge in [0.25, 0.3) is 0 Å². The summed E-state index contributed by atoms with van der Waals surface area (Å²) in [6.45, 7) is -0.0105. The first kappa shape index (κ1) is 9.40. The number of hydrogen-bond acceptors (Lipinski definition) is 5. The Morgan fingerprint density at radius 2 is 2.23 bits per heavy atom. The lowest BCUT2D eigenvalue weighted by atomic mass is 10.4. The number of carboxylic acid groups (broad SMARTS) is 1. The molecule has 0 bridgehead atoms. The van der Waals surface area contributed by atoms with E-state index in [1.807, 2.05) is 0 Å². The molecule has 0 unspecified atom stereocenters. The molecule has 0 aliphatic heterocycles. The molecule has 13 heavy (non-hydrogen) atoms. The minimum atomic E-state index is -1.14. The minimum absolute atomic E-state index is 0.112. The average Bonchev–Trinajstić information content (AvgIpc) is 2.15. The quantitative estimate of drug-likeness (QED) is 0.658. The van der Waals surface area contributed by atoms with E-state index in [2.05, 4.69) is 10.2 Å². The Labute approximate surface area is 73.8 Å². The molecule has 1 aromatic heterocycles. The van der Waals surface area contributed by atoms with Crippen LogP contribution in [0.4, 0.5) is 0 Å². The number of ether oxygens (including phenoxy) is 1. The Hall–Kier alpha value is -1.69. The predicted molar refractivity (Wildman–Crippen MR) is 41.6 cm³/mol. The Bertz CT molecular complexity index is 285. The summed E-state index contributed by atoms with van der Waals surface area (Å²) in [5, 5.41) is 23.7. The van der Waals surface area contributed by atoms with E-state index in [9.17, 15) is 4.79 Å². The third-order valence-corrected chi connectivity index (χ3v) is 1.20. The molecule has 1 aromatic rings. The predicted octanol–water partition coefficient (Wildman–Crippen LogP) is -0.454.